The van der Waals surface area contributed by atoms with Crippen molar-refractivity contribution in [1.29, 1.82) is 0 Å². The number of carbonyl (C=O) groups is 1. The van der Waals surface area contributed by atoms with Crippen molar-refractivity contribution in [2.45, 2.75) is 12.9 Å². The quantitative estimate of drug-likeness (QED) is 0.510. The van der Waals surface area contributed by atoms with E-state index in [-0.39, 0.29) is 23.2 Å². The second kappa shape index (κ2) is 6.24. The van der Waals surface area contributed by atoms with E-state index in [0.717, 1.165) is 16.8 Å². The van der Waals surface area contributed by atoms with Crippen molar-refractivity contribution in [1.82, 2.24) is 15.2 Å². The number of nitrogen functional groups attached to an aromatic ring is 1. The molecule has 2 rings (SSSR count). The highest BCUT2D eigenvalue weighted by Crippen LogP contribution is 2.31. The third kappa shape index (κ3) is 3.68. The zero-order valence-corrected chi connectivity index (χ0v) is 11.6. The number of carbonyl (C=O) groups excluding carboxylic acids is 1. The molecule has 0 saturated carbocycles. The van der Waals surface area contributed by atoms with E-state index in [4.69, 9.17) is 22.2 Å². The number of nitrogens with one attached hydrogen (secondary N) is 1. The minimum absolute atomic E-state index is 0.00581. The average molecular weight is 335 g/mol. The van der Waals surface area contributed by atoms with Crippen molar-refractivity contribution >= 4 is 17.5 Å². The number of benzene rings is 1. The zero-order chi connectivity index (χ0) is 16.3. The molecule has 0 spiro atoms. The molecule has 0 aliphatic rings. The van der Waals surface area contributed by atoms with Gasteiger partial charge in [-0.3, -0.25) is 10.2 Å². The first-order valence-electron chi connectivity index (χ1n) is 5.85. The Balaban J connectivity index is 2.09. The Bertz CT molecular complexity index is 687. The van der Waals surface area contributed by atoms with Crippen LogP contribution in [-0.2, 0) is 12.9 Å². The van der Waals surface area contributed by atoms with Gasteiger partial charge in [-0.2, -0.15) is 18.3 Å². The molecule has 6 nitrogen and oxygen atoms in total. The molecule has 3 N–H and O–H groups in total. The molecule has 1 amide bonds. The monoisotopic (exact) mass is 334 g/mol. The zero-order valence-electron chi connectivity index (χ0n) is 10.9. The minimum Gasteiger partial charge on any atom is -0.471 e. The predicted molar refractivity (Wildman–Crippen MR) is 71.0 cm³/mol. The Hall–Kier alpha value is -2.26. The minimum atomic E-state index is -4.46. The summed E-state index contributed by atoms with van der Waals surface area (Å²) in [6, 6.07) is 4.38. The molecule has 0 fully saturated rings. The number of nitrogens with zero attached hydrogens (tertiary/aromatic N) is 2. The Labute approximate surface area is 127 Å². The summed E-state index contributed by atoms with van der Waals surface area (Å²) in [7, 11) is 0. The lowest BCUT2D eigenvalue weighted by atomic mass is 10.2. The highest BCUT2D eigenvalue weighted by atomic mass is 35.5. The maximum Gasteiger partial charge on any atom is 0.416 e. The van der Waals surface area contributed by atoms with Crippen molar-refractivity contribution < 1.29 is 22.7 Å². The molecule has 0 saturated heterocycles. The maximum atomic E-state index is 12.6. The van der Waals surface area contributed by atoms with E-state index >= 15 is 0 Å². The van der Waals surface area contributed by atoms with Crippen LogP contribution in [-0.4, -0.2) is 15.7 Å². The number of aromatic nitrogens is 2. The van der Waals surface area contributed by atoms with Gasteiger partial charge in [0.2, 0.25) is 0 Å². The van der Waals surface area contributed by atoms with Crippen LogP contribution in [0.5, 0.6) is 5.75 Å². The maximum absolute atomic E-state index is 12.6. The Morgan fingerprint density at radius 2 is 2.18 bits per heavy atom. The number of ether oxygens (including phenoxy) is 1. The van der Waals surface area contributed by atoms with E-state index in [0.29, 0.717) is 0 Å². The number of amides is 1. The number of nitrogens with two attached hydrogens (primary N) is 1. The number of rotatable bonds is 4. The smallest absolute Gasteiger partial charge is 0.416 e. The summed E-state index contributed by atoms with van der Waals surface area (Å²) in [5.41, 5.74) is 0.927. The summed E-state index contributed by atoms with van der Waals surface area (Å²) >= 11 is 5.78. The molecule has 1 aromatic carbocycles. The van der Waals surface area contributed by atoms with Crippen LogP contribution in [0.2, 0.25) is 5.02 Å². The van der Waals surface area contributed by atoms with E-state index in [1.807, 2.05) is 5.43 Å². The number of hydrogen-bond donors (Lipinski definition) is 2. The summed E-state index contributed by atoms with van der Waals surface area (Å²) in [5, 5.41) is 3.85. The number of hydrogen-bond acceptors (Lipinski definition) is 4. The van der Waals surface area contributed by atoms with Gasteiger partial charge in [0.15, 0.2) is 12.4 Å². The van der Waals surface area contributed by atoms with Gasteiger partial charge in [0.1, 0.15) is 5.75 Å². The van der Waals surface area contributed by atoms with Crippen LogP contribution in [0.1, 0.15) is 16.1 Å². The summed E-state index contributed by atoms with van der Waals surface area (Å²) < 4.78 is 44.1. The summed E-state index contributed by atoms with van der Waals surface area (Å²) in [5.74, 6) is 4.27. The van der Waals surface area contributed by atoms with Crippen LogP contribution >= 0.6 is 11.6 Å². The Morgan fingerprint density at radius 3 is 2.82 bits per heavy atom. The van der Waals surface area contributed by atoms with E-state index < -0.39 is 17.6 Å². The molecule has 1 aromatic heterocycles. The van der Waals surface area contributed by atoms with Gasteiger partial charge >= 0.3 is 6.18 Å². The molecule has 2 aromatic rings. The van der Waals surface area contributed by atoms with Gasteiger partial charge in [-0.25, -0.2) is 10.5 Å². The first-order chi connectivity index (χ1) is 10.3. The van der Waals surface area contributed by atoms with Gasteiger partial charge in [0.25, 0.3) is 5.91 Å². The van der Waals surface area contributed by atoms with Crippen LogP contribution in [0, 0.1) is 0 Å². The van der Waals surface area contributed by atoms with E-state index in [2.05, 4.69) is 5.10 Å². The van der Waals surface area contributed by atoms with E-state index in [1.54, 1.807) is 0 Å². The highest BCUT2D eigenvalue weighted by molar-refractivity contribution is 6.33. The fourth-order valence-electron chi connectivity index (χ4n) is 1.59. The third-order valence-electron chi connectivity index (χ3n) is 2.59. The molecule has 0 unspecified atom stereocenters. The van der Waals surface area contributed by atoms with Gasteiger partial charge in [0.05, 0.1) is 10.6 Å². The second-order valence-corrected chi connectivity index (χ2v) is 4.54. The summed E-state index contributed by atoms with van der Waals surface area (Å²) in [4.78, 5) is 11.3. The first kappa shape index (κ1) is 16.1. The topological polar surface area (TPSA) is 82.2 Å². The molecule has 22 heavy (non-hydrogen) atoms. The van der Waals surface area contributed by atoms with Crippen molar-refractivity contribution in [3.05, 3.63) is 46.7 Å². The molecule has 0 radical (unpaired) electrons. The lowest BCUT2D eigenvalue weighted by Gasteiger charge is -2.10. The lowest BCUT2D eigenvalue weighted by Crippen LogP contribution is -2.30. The van der Waals surface area contributed by atoms with Gasteiger partial charge in [0, 0.05) is 6.20 Å². The van der Waals surface area contributed by atoms with Crippen LogP contribution < -0.4 is 16.0 Å². The first-order valence-corrected chi connectivity index (χ1v) is 6.23. The van der Waals surface area contributed by atoms with Crippen LogP contribution in [0.25, 0.3) is 0 Å². The number of hydrazine groups is 1. The Kier molecular flexibility index (Phi) is 4.57. The largest absolute Gasteiger partial charge is 0.471 e. The lowest BCUT2D eigenvalue weighted by molar-refractivity contribution is -0.137. The van der Waals surface area contributed by atoms with E-state index in [1.165, 1.54) is 18.3 Å². The van der Waals surface area contributed by atoms with Crippen molar-refractivity contribution in [3.63, 3.8) is 0 Å². The molecule has 1 heterocycles. The number of alkyl halides is 3. The van der Waals surface area contributed by atoms with Gasteiger partial charge in [-0.05, 0) is 18.2 Å². The molecule has 0 aliphatic carbocycles. The normalized spacial score (nSPS) is 11.3. The average Bonchev–Trinajstić information content (AvgIpc) is 2.85. The summed E-state index contributed by atoms with van der Waals surface area (Å²) in [6.07, 6.45) is -3.17. The van der Waals surface area contributed by atoms with Crippen molar-refractivity contribution in [3.8, 4) is 5.75 Å². The molecule has 10 heteroatoms. The predicted octanol–water partition coefficient (Wildman–Crippen LogP) is 2.20. The number of halogens is 4. The fraction of sp³-hybridized carbons (Fsp3) is 0.167. The summed E-state index contributed by atoms with van der Waals surface area (Å²) in [6.45, 7) is -0.223. The molecule has 118 valence electrons. The second-order valence-electron chi connectivity index (χ2n) is 4.14. The fourth-order valence-corrected chi connectivity index (χ4v) is 1.82. The van der Waals surface area contributed by atoms with Crippen LogP contribution in [0.4, 0.5) is 13.2 Å². The van der Waals surface area contributed by atoms with Gasteiger partial charge in [-0.15, -0.1) is 0 Å². The molecular formula is C12H10ClF3N4O2. The SMILES string of the molecule is NNC(=O)c1nn(COc2cccc(C(F)(F)F)c2)cc1Cl. The molecule has 0 aliphatic heterocycles. The Morgan fingerprint density at radius 1 is 1.45 bits per heavy atom. The van der Waals surface area contributed by atoms with Crippen LogP contribution in [0.3, 0.4) is 0 Å². The molecular weight excluding hydrogens is 325 g/mol. The van der Waals surface area contributed by atoms with Crippen molar-refractivity contribution in [2.75, 3.05) is 0 Å². The van der Waals surface area contributed by atoms with Crippen LogP contribution in [0.15, 0.2) is 30.5 Å². The molecule has 0 bridgehead atoms. The third-order valence-corrected chi connectivity index (χ3v) is 2.86. The van der Waals surface area contributed by atoms with Gasteiger partial charge < -0.3 is 4.74 Å². The van der Waals surface area contributed by atoms with Gasteiger partial charge in [-0.1, -0.05) is 17.7 Å². The van der Waals surface area contributed by atoms with Crippen molar-refractivity contribution in [2.24, 2.45) is 5.84 Å². The highest BCUT2D eigenvalue weighted by Gasteiger charge is 2.30. The van der Waals surface area contributed by atoms with E-state index in [9.17, 15) is 18.0 Å². The molecule has 0 atom stereocenters. The standard InChI is InChI=1S/C12H10ClF3N4O2/c13-9-5-20(19-10(9)11(21)18-17)6-22-8-3-1-2-7(4-8)12(14,15)16/h1-5H,6,17H2,(H,18,21).